The number of anilines is 1. The van der Waals surface area contributed by atoms with E-state index >= 15 is 0 Å². The second-order valence-electron chi connectivity index (χ2n) is 3.30. The van der Waals surface area contributed by atoms with Crippen LogP contribution in [0, 0.1) is 13.8 Å². The van der Waals surface area contributed by atoms with Gasteiger partial charge in [0.25, 0.3) is 0 Å². The Bertz CT molecular complexity index is 535. The van der Waals surface area contributed by atoms with Crippen molar-refractivity contribution in [2.75, 3.05) is 16.5 Å². The number of rotatable bonds is 4. The van der Waals surface area contributed by atoms with Crippen LogP contribution >= 0.6 is 27.3 Å². The monoisotopic (exact) mass is 341 g/mol. The number of sulfonamides is 1. The first kappa shape index (κ1) is 14.5. The van der Waals surface area contributed by atoms with Gasteiger partial charge in [-0.1, -0.05) is 15.9 Å². The highest BCUT2D eigenvalue weighted by Crippen LogP contribution is 2.33. The summed E-state index contributed by atoms with van der Waals surface area (Å²) in [5.74, 6) is -0.542. The van der Waals surface area contributed by atoms with Crippen LogP contribution in [0.2, 0.25) is 0 Å². The Morgan fingerprint density at radius 3 is 2.53 bits per heavy atom. The van der Waals surface area contributed by atoms with Crippen LogP contribution in [0.5, 0.6) is 0 Å². The Kier molecular flexibility index (Phi) is 4.56. The van der Waals surface area contributed by atoms with Gasteiger partial charge in [-0.25, -0.2) is 13.2 Å². The van der Waals surface area contributed by atoms with Gasteiger partial charge >= 0.3 is 5.97 Å². The summed E-state index contributed by atoms with van der Waals surface area (Å²) in [5, 5.41) is 0.298. The van der Waals surface area contributed by atoms with E-state index in [0.29, 0.717) is 5.00 Å². The lowest BCUT2D eigenvalue weighted by Gasteiger charge is -2.05. The van der Waals surface area contributed by atoms with E-state index in [4.69, 9.17) is 0 Å². The fourth-order valence-corrected chi connectivity index (χ4v) is 3.45. The molecular formula is C9H12BrNO4S2. The van der Waals surface area contributed by atoms with Gasteiger partial charge in [0.1, 0.15) is 9.66 Å². The molecule has 5 nitrogen and oxygen atoms in total. The number of carbonyl (C=O) groups is 1. The van der Waals surface area contributed by atoms with Crippen LogP contribution in [0.25, 0.3) is 0 Å². The third-order valence-electron chi connectivity index (χ3n) is 2.17. The van der Waals surface area contributed by atoms with E-state index in [1.165, 1.54) is 18.4 Å². The van der Waals surface area contributed by atoms with Crippen LogP contribution in [0.4, 0.5) is 5.00 Å². The molecule has 0 fully saturated rings. The highest BCUT2D eigenvalue weighted by molar-refractivity contribution is 9.10. The fourth-order valence-electron chi connectivity index (χ4n) is 1.22. The number of ether oxygens (including phenoxy) is 1. The first-order valence-electron chi connectivity index (χ1n) is 4.57. The quantitative estimate of drug-likeness (QED) is 0.673. The lowest BCUT2D eigenvalue weighted by molar-refractivity contribution is 0.0601. The van der Waals surface area contributed by atoms with Gasteiger partial charge in [0.15, 0.2) is 0 Å². The second-order valence-corrected chi connectivity index (χ2v) is 7.55. The number of halogens is 1. The average Bonchev–Trinajstić information content (AvgIpc) is 2.53. The molecule has 8 heteroatoms. The summed E-state index contributed by atoms with van der Waals surface area (Å²) < 4.78 is 29.7. The van der Waals surface area contributed by atoms with Gasteiger partial charge in [-0.05, 0) is 19.4 Å². The molecule has 0 saturated heterocycles. The maximum Gasteiger partial charge on any atom is 0.341 e. The third kappa shape index (κ3) is 3.20. The van der Waals surface area contributed by atoms with Crippen LogP contribution < -0.4 is 4.72 Å². The van der Waals surface area contributed by atoms with Gasteiger partial charge in [-0.3, -0.25) is 4.72 Å². The molecule has 0 atom stereocenters. The molecule has 1 heterocycles. The minimum Gasteiger partial charge on any atom is -0.465 e. The molecule has 0 aliphatic heterocycles. The highest BCUT2D eigenvalue weighted by Gasteiger charge is 2.22. The minimum absolute atomic E-state index is 0.226. The number of hydrogen-bond donors (Lipinski definition) is 1. The summed E-state index contributed by atoms with van der Waals surface area (Å²) in [4.78, 5) is 12.5. The summed E-state index contributed by atoms with van der Waals surface area (Å²) >= 11 is 4.09. The molecule has 1 aromatic heterocycles. The van der Waals surface area contributed by atoms with Crippen molar-refractivity contribution < 1.29 is 17.9 Å². The van der Waals surface area contributed by atoms with Gasteiger partial charge in [-0.15, -0.1) is 11.3 Å². The van der Waals surface area contributed by atoms with Crippen molar-refractivity contribution in [3.05, 3.63) is 16.0 Å². The number of aryl methyl sites for hydroxylation is 1. The Morgan fingerprint density at radius 1 is 1.47 bits per heavy atom. The number of nitrogens with one attached hydrogen (secondary N) is 1. The van der Waals surface area contributed by atoms with E-state index in [9.17, 15) is 13.2 Å². The average molecular weight is 342 g/mol. The number of carbonyl (C=O) groups excluding carboxylic acids is 1. The molecule has 1 aromatic rings. The Hall–Kier alpha value is -0.600. The van der Waals surface area contributed by atoms with Crippen LogP contribution in [0.15, 0.2) is 0 Å². The van der Waals surface area contributed by atoms with Crippen LogP contribution in [-0.4, -0.2) is 26.2 Å². The van der Waals surface area contributed by atoms with E-state index < -0.39 is 16.0 Å². The summed E-state index contributed by atoms with van der Waals surface area (Å²) in [7, 11) is -2.21. The van der Waals surface area contributed by atoms with Crippen molar-refractivity contribution in [1.29, 1.82) is 0 Å². The molecular weight excluding hydrogens is 330 g/mol. The predicted molar refractivity (Wildman–Crippen MR) is 71.5 cm³/mol. The Labute approximate surface area is 112 Å². The van der Waals surface area contributed by atoms with E-state index in [-0.39, 0.29) is 10.2 Å². The van der Waals surface area contributed by atoms with Crippen molar-refractivity contribution in [3.63, 3.8) is 0 Å². The molecule has 0 bridgehead atoms. The first-order chi connectivity index (χ1) is 7.82. The zero-order chi connectivity index (χ0) is 13.2. The largest absolute Gasteiger partial charge is 0.465 e. The SMILES string of the molecule is COC(=O)c1c(NS(=O)(=O)CBr)sc(C)c1C. The van der Waals surface area contributed by atoms with Gasteiger partial charge in [0.2, 0.25) is 10.0 Å². The zero-order valence-electron chi connectivity index (χ0n) is 9.53. The van der Waals surface area contributed by atoms with Gasteiger partial charge in [0.05, 0.1) is 12.7 Å². The fraction of sp³-hybridized carbons (Fsp3) is 0.444. The number of methoxy groups -OCH3 is 1. The molecule has 1 N–H and O–H groups in total. The van der Waals surface area contributed by atoms with Crippen molar-refractivity contribution >= 4 is 48.3 Å². The third-order valence-corrected chi connectivity index (χ3v) is 6.03. The van der Waals surface area contributed by atoms with Crippen molar-refractivity contribution in [3.8, 4) is 0 Å². The number of hydrogen-bond acceptors (Lipinski definition) is 5. The molecule has 0 aliphatic rings. The van der Waals surface area contributed by atoms with E-state index in [2.05, 4.69) is 25.4 Å². The Morgan fingerprint density at radius 2 is 2.06 bits per heavy atom. The molecule has 1 rings (SSSR count). The lowest BCUT2D eigenvalue weighted by Crippen LogP contribution is -2.15. The minimum atomic E-state index is -3.47. The number of alkyl halides is 1. The summed E-state index contributed by atoms with van der Waals surface area (Å²) in [6, 6.07) is 0. The second kappa shape index (κ2) is 5.36. The van der Waals surface area contributed by atoms with Crippen molar-refractivity contribution in [2.24, 2.45) is 0 Å². The molecule has 0 aromatic carbocycles. The Balaban J connectivity index is 3.25. The molecule has 0 amide bonds. The maximum atomic E-state index is 11.6. The van der Waals surface area contributed by atoms with Crippen LogP contribution in [0.3, 0.4) is 0 Å². The zero-order valence-corrected chi connectivity index (χ0v) is 12.8. The molecule has 96 valence electrons. The van der Waals surface area contributed by atoms with Gasteiger partial charge in [0, 0.05) is 4.88 Å². The summed E-state index contributed by atoms with van der Waals surface area (Å²) in [6.07, 6.45) is 0. The first-order valence-corrected chi connectivity index (χ1v) is 8.16. The van der Waals surface area contributed by atoms with E-state index in [0.717, 1.165) is 10.4 Å². The smallest absolute Gasteiger partial charge is 0.341 e. The standard InChI is InChI=1S/C9H12BrNO4S2/c1-5-6(2)16-8(7(5)9(12)15-3)11-17(13,14)4-10/h11H,4H2,1-3H3. The molecule has 0 unspecified atom stereocenters. The maximum absolute atomic E-state index is 11.6. The van der Waals surface area contributed by atoms with Crippen molar-refractivity contribution in [2.45, 2.75) is 13.8 Å². The molecule has 0 radical (unpaired) electrons. The molecule has 0 saturated carbocycles. The van der Waals surface area contributed by atoms with Crippen LogP contribution in [-0.2, 0) is 14.8 Å². The van der Waals surface area contributed by atoms with Crippen molar-refractivity contribution in [1.82, 2.24) is 0 Å². The topological polar surface area (TPSA) is 72.5 Å². The normalized spacial score (nSPS) is 11.3. The summed E-state index contributed by atoms with van der Waals surface area (Å²) in [5.41, 5.74) is 1.01. The predicted octanol–water partition coefficient (Wildman–Crippen LogP) is 2.25. The highest BCUT2D eigenvalue weighted by atomic mass is 79.9. The number of esters is 1. The molecule has 0 aliphatic carbocycles. The molecule has 0 spiro atoms. The van der Waals surface area contributed by atoms with Gasteiger partial charge < -0.3 is 4.74 Å². The van der Waals surface area contributed by atoms with Crippen LogP contribution in [0.1, 0.15) is 20.8 Å². The summed E-state index contributed by atoms with van der Waals surface area (Å²) in [6.45, 7) is 3.57. The number of thiophene rings is 1. The van der Waals surface area contributed by atoms with E-state index in [1.54, 1.807) is 6.92 Å². The van der Waals surface area contributed by atoms with Gasteiger partial charge in [-0.2, -0.15) is 0 Å². The van der Waals surface area contributed by atoms with E-state index in [1.807, 2.05) is 6.92 Å². The lowest BCUT2D eigenvalue weighted by atomic mass is 10.2. The molecule has 17 heavy (non-hydrogen) atoms.